The van der Waals surface area contributed by atoms with Crippen molar-refractivity contribution in [3.8, 4) is 0 Å². The second kappa shape index (κ2) is 5.76. The standard InChI is InChI=1S/C20H18N2O/c23-20(11-10-14-6-2-1-3-7-14)21-15-12-17-16-8-4-5-9-18(16)22-19(17)13-15/h1-11,15,22H,12-13H2,(H,21,23)/b11-10+. The molecule has 3 heteroatoms. The number of amides is 1. The van der Waals surface area contributed by atoms with E-state index in [0.717, 1.165) is 18.4 Å². The van der Waals surface area contributed by atoms with E-state index < -0.39 is 0 Å². The predicted molar refractivity (Wildman–Crippen MR) is 93.1 cm³/mol. The second-order valence-electron chi connectivity index (χ2n) is 5.99. The van der Waals surface area contributed by atoms with Crippen LogP contribution in [0.3, 0.4) is 0 Å². The third-order valence-corrected chi connectivity index (χ3v) is 4.38. The van der Waals surface area contributed by atoms with E-state index in [1.165, 1.54) is 22.2 Å². The van der Waals surface area contributed by atoms with Gasteiger partial charge in [0, 0.05) is 35.1 Å². The normalized spacial score (nSPS) is 16.8. The minimum absolute atomic E-state index is 0.0340. The Hall–Kier alpha value is -2.81. The zero-order valence-electron chi connectivity index (χ0n) is 12.8. The minimum atomic E-state index is -0.0340. The molecule has 1 amide bonds. The van der Waals surface area contributed by atoms with Gasteiger partial charge in [0.15, 0.2) is 0 Å². The molecule has 0 saturated heterocycles. The molecule has 1 aromatic heterocycles. The largest absolute Gasteiger partial charge is 0.358 e. The summed E-state index contributed by atoms with van der Waals surface area (Å²) in [5.74, 6) is -0.0340. The number of para-hydroxylation sites is 1. The number of carbonyl (C=O) groups excluding carboxylic acids is 1. The van der Waals surface area contributed by atoms with Crippen LogP contribution in [-0.2, 0) is 17.6 Å². The lowest BCUT2D eigenvalue weighted by atomic mass is 10.1. The highest BCUT2D eigenvalue weighted by Crippen LogP contribution is 2.29. The van der Waals surface area contributed by atoms with Crippen LogP contribution < -0.4 is 5.32 Å². The molecule has 2 aromatic carbocycles. The Morgan fingerprint density at radius 3 is 2.70 bits per heavy atom. The van der Waals surface area contributed by atoms with E-state index >= 15 is 0 Å². The molecule has 0 radical (unpaired) electrons. The Morgan fingerprint density at radius 2 is 1.83 bits per heavy atom. The highest BCUT2D eigenvalue weighted by Gasteiger charge is 2.25. The molecule has 3 aromatic rings. The molecule has 0 spiro atoms. The number of benzene rings is 2. The molecule has 4 rings (SSSR count). The molecule has 3 nitrogen and oxygen atoms in total. The Kier molecular flexibility index (Phi) is 3.46. The fourth-order valence-electron chi connectivity index (χ4n) is 3.32. The van der Waals surface area contributed by atoms with Crippen molar-refractivity contribution in [2.45, 2.75) is 18.9 Å². The summed E-state index contributed by atoms with van der Waals surface area (Å²) in [6.07, 6.45) is 5.22. The van der Waals surface area contributed by atoms with Crippen molar-refractivity contribution in [1.82, 2.24) is 10.3 Å². The van der Waals surface area contributed by atoms with Crippen LogP contribution in [0.25, 0.3) is 17.0 Å². The highest BCUT2D eigenvalue weighted by atomic mass is 16.1. The van der Waals surface area contributed by atoms with Crippen LogP contribution in [0.4, 0.5) is 0 Å². The summed E-state index contributed by atoms with van der Waals surface area (Å²) in [4.78, 5) is 15.6. The maximum Gasteiger partial charge on any atom is 0.244 e. The van der Waals surface area contributed by atoms with Crippen LogP contribution in [0.1, 0.15) is 16.8 Å². The zero-order valence-corrected chi connectivity index (χ0v) is 12.8. The summed E-state index contributed by atoms with van der Waals surface area (Å²) in [5, 5.41) is 4.38. The Labute approximate surface area is 135 Å². The number of aromatic amines is 1. The number of H-pyrrole nitrogens is 1. The van der Waals surface area contributed by atoms with Crippen molar-refractivity contribution in [1.29, 1.82) is 0 Å². The molecular formula is C20H18N2O. The monoisotopic (exact) mass is 302 g/mol. The third kappa shape index (κ3) is 2.78. The summed E-state index contributed by atoms with van der Waals surface area (Å²) in [6, 6.07) is 18.4. The molecule has 1 aliphatic rings. The lowest BCUT2D eigenvalue weighted by Gasteiger charge is -2.10. The van der Waals surface area contributed by atoms with E-state index in [4.69, 9.17) is 0 Å². The molecule has 1 heterocycles. The molecule has 1 unspecified atom stereocenters. The number of rotatable bonds is 3. The van der Waals surface area contributed by atoms with Gasteiger partial charge in [-0.05, 0) is 29.7 Å². The van der Waals surface area contributed by atoms with Crippen LogP contribution >= 0.6 is 0 Å². The van der Waals surface area contributed by atoms with E-state index in [9.17, 15) is 4.79 Å². The fourth-order valence-corrected chi connectivity index (χ4v) is 3.32. The van der Waals surface area contributed by atoms with Crippen LogP contribution in [-0.4, -0.2) is 16.9 Å². The quantitative estimate of drug-likeness (QED) is 0.715. The predicted octanol–water partition coefficient (Wildman–Crippen LogP) is 3.46. The number of carbonyl (C=O) groups is 1. The SMILES string of the molecule is O=C(/C=C/c1ccccc1)NC1Cc2[nH]c3ccccc3c2C1. The van der Waals surface area contributed by atoms with Gasteiger partial charge in [-0.25, -0.2) is 0 Å². The zero-order chi connectivity index (χ0) is 15.6. The first-order valence-electron chi connectivity index (χ1n) is 7.92. The van der Waals surface area contributed by atoms with Crippen molar-refractivity contribution in [2.75, 3.05) is 0 Å². The van der Waals surface area contributed by atoms with E-state index in [1.54, 1.807) is 6.08 Å². The topological polar surface area (TPSA) is 44.9 Å². The van der Waals surface area contributed by atoms with Gasteiger partial charge < -0.3 is 10.3 Å². The summed E-state index contributed by atoms with van der Waals surface area (Å²) in [6.45, 7) is 0. The number of nitrogens with one attached hydrogen (secondary N) is 2. The first kappa shape index (κ1) is 13.8. The number of aromatic nitrogens is 1. The van der Waals surface area contributed by atoms with Gasteiger partial charge in [-0.15, -0.1) is 0 Å². The van der Waals surface area contributed by atoms with Gasteiger partial charge in [0.05, 0.1) is 0 Å². The van der Waals surface area contributed by atoms with Crippen LogP contribution in [0.5, 0.6) is 0 Å². The average molecular weight is 302 g/mol. The molecule has 0 bridgehead atoms. The van der Waals surface area contributed by atoms with Gasteiger partial charge in [0.2, 0.25) is 5.91 Å². The van der Waals surface area contributed by atoms with Crippen molar-refractivity contribution in [3.05, 3.63) is 77.5 Å². The van der Waals surface area contributed by atoms with Gasteiger partial charge in [0.25, 0.3) is 0 Å². The number of fused-ring (bicyclic) bond motifs is 3. The van der Waals surface area contributed by atoms with Crippen molar-refractivity contribution >= 4 is 22.9 Å². The molecule has 0 saturated carbocycles. The van der Waals surface area contributed by atoms with Gasteiger partial charge >= 0.3 is 0 Å². The summed E-state index contributed by atoms with van der Waals surface area (Å²) >= 11 is 0. The smallest absolute Gasteiger partial charge is 0.244 e. The maximum absolute atomic E-state index is 12.1. The lowest BCUT2D eigenvalue weighted by Crippen LogP contribution is -2.34. The molecule has 23 heavy (non-hydrogen) atoms. The third-order valence-electron chi connectivity index (χ3n) is 4.38. The van der Waals surface area contributed by atoms with E-state index in [0.29, 0.717) is 0 Å². The molecule has 1 atom stereocenters. The molecular weight excluding hydrogens is 284 g/mol. The molecule has 114 valence electrons. The molecule has 1 aliphatic carbocycles. The highest BCUT2D eigenvalue weighted by molar-refractivity contribution is 5.92. The summed E-state index contributed by atoms with van der Waals surface area (Å²) in [5.41, 5.74) is 4.82. The fraction of sp³-hybridized carbons (Fsp3) is 0.150. The first-order valence-corrected chi connectivity index (χ1v) is 7.92. The maximum atomic E-state index is 12.1. The van der Waals surface area contributed by atoms with Crippen molar-refractivity contribution < 1.29 is 4.79 Å². The Morgan fingerprint density at radius 1 is 1.04 bits per heavy atom. The summed E-state index contributed by atoms with van der Waals surface area (Å²) < 4.78 is 0. The Bertz CT molecular complexity index is 877. The van der Waals surface area contributed by atoms with Crippen LogP contribution in [0.2, 0.25) is 0 Å². The van der Waals surface area contributed by atoms with Crippen molar-refractivity contribution in [2.24, 2.45) is 0 Å². The lowest BCUT2D eigenvalue weighted by molar-refractivity contribution is -0.117. The first-order chi connectivity index (χ1) is 11.3. The molecule has 0 aliphatic heterocycles. The number of hydrogen-bond donors (Lipinski definition) is 2. The van der Waals surface area contributed by atoms with Gasteiger partial charge in [-0.1, -0.05) is 48.5 Å². The van der Waals surface area contributed by atoms with Gasteiger partial charge in [-0.3, -0.25) is 4.79 Å². The average Bonchev–Trinajstić information content (AvgIpc) is 3.11. The summed E-state index contributed by atoms with van der Waals surface area (Å²) in [7, 11) is 0. The van der Waals surface area contributed by atoms with E-state index in [-0.39, 0.29) is 11.9 Å². The Balaban J connectivity index is 1.42. The van der Waals surface area contributed by atoms with Gasteiger partial charge in [0.1, 0.15) is 0 Å². The second-order valence-corrected chi connectivity index (χ2v) is 5.99. The van der Waals surface area contributed by atoms with Crippen LogP contribution in [0.15, 0.2) is 60.7 Å². The van der Waals surface area contributed by atoms with Gasteiger partial charge in [-0.2, -0.15) is 0 Å². The van der Waals surface area contributed by atoms with Crippen molar-refractivity contribution in [3.63, 3.8) is 0 Å². The number of hydrogen-bond acceptors (Lipinski definition) is 1. The van der Waals surface area contributed by atoms with Crippen LogP contribution in [0, 0.1) is 0 Å². The minimum Gasteiger partial charge on any atom is -0.358 e. The van der Waals surface area contributed by atoms with E-state index in [2.05, 4.69) is 28.5 Å². The molecule has 2 N–H and O–H groups in total. The molecule has 0 fully saturated rings. The van der Waals surface area contributed by atoms with E-state index in [1.807, 2.05) is 42.5 Å².